The maximum atomic E-state index is 12.4. The average Bonchev–Trinajstić information content (AvgIpc) is 2.58. The standard InChI is InChI=1S/C12H18N2O2S/c13-11-8-5-9-14-12(11)17(15,16)10-6-3-1-2-4-7-10/h5,8-10H,1-4,6-7,13H2. The van der Waals surface area contributed by atoms with Crippen LogP contribution in [0.5, 0.6) is 0 Å². The topological polar surface area (TPSA) is 73.0 Å². The van der Waals surface area contributed by atoms with E-state index in [1.54, 1.807) is 12.1 Å². The lowest BCUT2D eigenvalue weighted by molar-refractivity contribution is 0.560. The Kier molecular flexibility index (Phi) is 3.66. The molecule has 1 aromatic heterocycles. The van der Waals surface area contributed by atoms with E-state index in [1.807, 2.05) is 0 Å². The van der Waals surface area contributed by atoms with Gasteiger partial charge in [-0.05, 0) is 25.0 Å². The third-order valence-corrected chi connectivity index (χ3v) is 5.54. The number of pyridine rings is 1. The van der Waals surface area contributed by atoms with Crippen molar-refractivity contribution in [2.45, 2.75) is 48.8 Å². The molecule has 1 aliphatic rings. The minimum atomic E-state index is -3.35. The van der Waals surface area contributed by atoms with Crippen LogP contribution in [-0.2, 0) is 9.84 Å². The van der Waals surface area contributed by atoms with Crippen LogP contribution in [0.2, 0.25) is 0 Å². The number of aromatic nitrogens is 1. The van der Waals surface area contributed by atoms with E-state index >= 15 is 0 Å². The van der Waals surface area contributed by atoms with E-state index in [0.717, 1.165) is 38.5 Å². The molecule has 0 amide bonds. The molecule has 0 spiro atoms. The second-order valence-corrected chi connectivity index (χ2v) is 6.70. The molecule has 17 heavy (non-hydrogen) atoms. The Hall–Kier alpha value is -1.10. The monoisotopic (exact) mass is 254 g/mol. The Labute approximate surface area is 102 Å². The number of rotatable bonds is 2. The van der Waals surface area contributed by atoms with Crippen molar-refractivity contribution in [1.82, 2.24) is 4.98 Å². The number of sulfone groups is 1. The number of hydrogen-bond donors (Lipinski definition) is 1. The first kappa shape index (κ1) is 12.4. The summed E-state index contributed by atoms with van der Waals surface area (Å²) in [4.78, 5) is 3.94. The van der Waals surface area contributed by atoms with Gasteiger partial charge in [0.05, 0.1) is 10.9 Å². The van der Waals surface area contributed by atoms with Gasteiger partial charge in [-0.1, -0.05) is 25.7 Å². The van der Waals surface area contributed by atoms with Crippen LogP contribution in [0.4, 0.5) is 5.69 Å². The van der Waals surface area contributed by atoms with Crippen LogP contribution in [0.3, 0.4) is 0 Å². The molecule has 0 saturated heterocycles. The van der Waals surface area contributed by atoms with E-state index in [0.29, 0.717) is 0 Å². The molecule has 1 saturated carbocycles. The lowest BCUT2D eigenvalue weighted by atomic mass is 10.2. The Morgan fingerprint density at radius 2 is 1.82 bits per heavy atom. The molecule has 4 nitrogen and oxygen atoms in total. The van der Waals surface area contributed by atoms with E-state index in [9.17, 15) is 8.42 Å². The van der Waals surface area contributed by atoms with Crippen LogP contribution in [0, 0.1) is 0 Å². The van der Waals surface area contributed by atoms with E-state index < -0.39 is 9.84 Å². The van der Waals surface area contributed by atoms with E-state index in [1.165, 1.54) is 6.20 Å². The summed E-state index contributed by atoms with van der Waals surface area (Å²) in [7, 11) is -3.35. The molecule has 0 aliphatic heterocycles. The van der Waals surface area contributed by atoms with E-state index in [4.69, 9.17) is 5.73 Å². The summed E-state index contributed by atoms with van der Waals surface area (Å²) in [6, 6.07) is 3.25. The number of nitrogens with two attached hydrogens (primary N) is 1. The minimum absolute atomic E-state index is 0.0619. The summed E-state index contributed by atoms with van der Waals surface area (Å²) < 4.78 is 24.8. The summed E-state index contributed by atoms with van der Waals surface area (Å²) in [5.41, 5.74) is 5.97. The second kappa shape index (κ2) is 5.04. The Morgan fingerprint density at radius 1 is 1.18 bits per heavy atom. The lowest BCUT2D eigenvalue weighted by Crippen LogP contribution is -2.22. The predicted molar refractivity (Wildman–Crippen MR) is 67.3 cm³/mol. The van der Waals surface area contributed by atoms with Crippen LogP contribution in [0.15, 0.2) is 23.4 Å². The van der Waals surface area contributed by atoms with Crippen molar-refractivity contribution in [3.63, 3.8) is 0 Å². The van der Waals surface area contributed by atoms with E-state index in [2.05, 4.69) is 4.98 Å². The summed E-state index contributed by atoms with van der Waals surface area (Å²) in [6.45, 7) is 0. The highest BCUT2D eigenvalue weighted by Gasteiger charge is 2.30. The fourth-order valence-corrected chi connectivity index (χ4v) is 4.23. The molecule has 1 fully saturated rings. The van der Waals surface area contributed by atoms with Gasteiger partial charge >= 0.3 is 0 Å². The largest absolute Gasteiger partial charge is 0.396 e. The molecule has 0 aromatic carbocycles. The van der Waals surface area contributed by atoms with Crippen molar-refractivity contribution in [3.8, 4) is 0 Å². The van der Waals surface area contributed by atoms with Gasteiger partial charge in [-0.15, -0.1) is 0 Å². The number of hydrogen-bond acceptors (Lipinski definition) is 4. The molecule has 0 unspecified atom stereocenters. The quantitative estimate of drug-likeness (QED) is 0.821. The molecular weight excluding hydrogens is 236 g/mol. The first-order valence-corrected chi connectivity index (χ1v) is 7.61. The molecule has 0 bridgehead atoms. The van der Waals surface area contributed by atoms with Gasteiger partial charge in [-0.3, -0.25) is 0 Å². The molecule has 2 N–H and O–H groups in total. The molecule has 1 heterocycles. The Bertz CT molecular complexity index is 477. The van der Waals surface area contributed by atoms with Crippen molar-refractivity contribution in [3.05, 3.63) is 18.3 Å². The summed E-state index contributed by atoms with van der Waals surface area (Å²) in [5.74, 6) is 0. The number of anilines is 1. The highest BCUT2D eigenvalue weighted by molar-refractivity contribution is 7.92. The van der Waals surface area contributed by atoms with Gasteiger partial charge in [0.2, 0.25) is 9.84 Å². The normalized spacial score (nSPS) is 18.8. The van der Waals surface area contributed by atoms with Crippen LogP contribution >= 0.6 is 0 Å². The van der Waals surface area contributed by atoms with Crippen molar-refractivity contribution in [2.24, 2.45) is 0 Å². The molecule has 2 rings (SSSR count). The maximum Gasteiger partial charge on any atom is 0.200 e. The van der Waals surface area contributed by atoms with Gasteiger partial charge in [0.25, 0.3) is 0 Å². The Balaban J connectivity index is 2.32. The molecule has 1 aromatic rings. The fraction of sp³-hybridized carbons (Fsp3) is 0.583. The van der Waals surface area contributed by atoms with Crippen LogP contribution in [0.25, 0.3) is 0 Å². The van der Waals surface area contributed by atoms with Gasteiger partial charge in [-0.2, -0.15) is 0 Å². The second-order valence-electron chi connectivity index (χ2n) is 4.56. The molecule has 1 aliphatic carbocycles. The van der Waals surface area contributed by atoms with E-state index in [-0.39, 0.29) is 16.0 Å². The van der Waals surface area contributed by atoms with Crippen molar-refractivity contribution >= 4 is 15.5 Å². The van der Waals surface area contributed by atoms with Crippen LogP contribution in [0.1, 0.15) is 38.5 Å². The van der Waals surface area contributed by atoms with Crippen molar-refractivity contribution in [1.29, 1.82) is 0 Å². The Morgan fingerprint density at radius 3 is 2.41 bits per heavy atom. The smallest absolute Gasteiger partial charge is 0.200 e. The lowest BCUT2D eigenvalue weighted by Gasteiger charge is -2.15. The molecular formula is C12H18N2O2S. The molecule has 94 valence electrons. The first-order chi connectivity index (χ1) is 8.12. The van der Waals surface area contributed by atoms with Crippen LogP contribution < -0.4 is 5.73 Å². The van der Waals surface area contributed by atoms with Gasteiger partial charge in [0, 0.05) is 6.20 Å². The minimum Gasteiger partial charge on any atom is -0.396 e. The molecule has 0 radical (unpaired) electrons. The zero-order valence-corrected chi connectivity index (χ0v) is 10.6. The fourth-order valence-electron chi connectivity index (χ4n) is 2.35. The summed E-state index contributed by atoms with van der Waals surface area (Å²) in [5, 5.41) is -0.242. The average molecular weight is 254 g/mol. The first-order valence-electron chi connectivity index (χ1n) is 6.07. The highest BCUT2D eigenvalue weighted by Crippen LogP contribution is 2.28. The maximum absolute atomic E-state index is 12.4. The van der Waals surface area contributed by atoms with Gasteiger partial charge < -0.3 is 5.73 Å². The summed E-state index contributed by atoms with van der Waals surface area (Å²) >= 11 is 0. The zero-order valence-electron chi connectivity index (χ0n) is 9.80. The zero-order chi connectivity index (χ0) is 12.3. The third kappa shape index (κ3) is 2.60. The van der Waals surface area contributed by atoms with Crippen molar-refractivity contribution in [2.75, 3.05) is 5.73 Å². The SMILES string of the molecule is Nc1cccnc1S(=O)(=O)C1CCCCCC1. The predicted octanol–water partition coefficient (Wildman–Crippen LogP) is 2.16. The van der Waals surface area contributed by atoms with Gasteiger partial charge in [0.1, 0.15) is 0 Å². The number of nitrogens with zero attached hydrogens (tertiary/aromatic N) is 1. The van der Waals surface area contributed by atoms with Crippen LogP contribution in [-0.4, -0.2) is 18.7 Å². The summed E-state index contributed by atoms with van der Waals surface area (Å²) in [6.07, 6.45) is 7.18. The third-order valence-electron chi connectivity index (χ3n) is 3.31. The molecule has 0 atom stereocenters. The van der Waals surface area contributed by atoms with Gasteiger partial charge in [-0.25, -0.2) is 13.4 Å². The highest BCUT2D eigenvalue weighted by atomic mass is 32.2. The van der Waals surface area contributed by atoms with Crippen molar-refractivity contribution < 1.29 is 8.42 Å². The molecule has 5 heteroatoms. The number of nitrogen functional groups attached to an aromatic ring is 1. The van der Waals surface area contributed by atoms with Gasteiger partial charge in [0.15, 0.2) is 5.03 Å².